The van der Waals surface area contributed by atoms with Crippen molar-refractivity contribution in [1.82, 2.24) is 20.1 Å². The Balaban J connectivity index is 1.73. The Labute approximate surface area is 108 Å². The van der Waals surface area contributed by atoms with Gasteiger partial charge in [-0.25, -0.2) is 4.98 Å². The lowest BCUT2D eigenvalue weighted by Gasteiger charge is -2.31. The van der Waals surface area contributed by atoms with Crippen molar-refractivity contribution < 1.29 is 9.53 Å². The molecule has 94 valence electrons. The Morgan fingerprint density at radius 2 is 2.56 bits per heavy atom. The normalized spacial score (nSPS) is 20.0. The van der Waals surface area contributed by atoms with Gasteiger partial charge in [0.1, 0.15) is 11.8 Å². The molecule has 0 bridgehead atoms. The maximum Gasteiger partial charge on any atom is 0.273 e. The van der Waals surface area contributed by atoms with Gasteiger partial charge in [-0.1, -0.05) is 0 Å². The number of morpholine rings is 1. The average molecular weight is 264 g/mol. The smallest absolute Gasteiger partial charge is 0.273 e. The molecule has 0 saturated carbocycles. The highest BCUT2D eigenvalue weighted by atomic mass is 32.1. The van der Waals surface area contributed by atoms with Crippen molar-refractivity contribution in [3.05, 3.63) is 34.5 Å². The number of H-pyrrole nitrogens is 1. The van der Waals surface area contributed by atoms with Gasteiger partial charge < -0.3 is 9.64 Å². The number of amides is 1. The standard InChI is InChI=1S/C11H12N4O2S/c16-11(9-6-18-7-12-9)15-3-4-17-10(5-15)8-1-2-13-14-8/h1-2,6-7,10H,3-5H2,(H,13,14). The second-order valence-corrected chi connectivity index (χ2v) is 4.71. The predicted octanol–water partition coefficient (Wildman–Crippen LogP) is 1.08. The molecule has 3 heterocycles. The van der Waals surface area contributed by atoms with E-state index in [9.17, 15) is 4.79 Å². The van der Waals surface area contributed by atoms with Crippen LogP contribution in [0.3, 0.4) is 0 Å². The number of rotatable bonds is 2. The third-order valence-electron chi connectivity index (χ3n) is 2.87. The predicted molar refractivity (Wildman–Crippen MR) is 65.3 cm³/mol. The van der Waals surface area contributed by atoms with E-state index in [0.29, 0.717) is 25.4 Å². The Bertz CT molecular complexity index is 511. The van der Waals surface area contributed by atoms with Gasteiger partial charge in [-0.05, 0) is 6.07 Å². The van der Waals surface area contributed by atoms with Crippen molar-refractivity contribution in [2.24, 2.45) is 0 Å². The van der Waals surface area contributed by atoms with Crippen LogP contribution < -0.4 is 0 Å². The molecule has 1 atom stereocenters. The highest BCUT2D eigenvalue weighted by molar-refractivity contribution is 7.07. The SMILES string of the molecule is O=C(c1cscn1)N1CCOC(c2ccn[nH]2)C1. The minimum Gasteiger partial charge on any atom is -0.368 e. The second kappa shape index (κ2) is 4.87. The van der Waals surface area contributed by atoms with Crippen LogP contribution in [0.4, 0.5) is 0 Å². The molecule has 1 amide bonds. The molecule has 7 heteroatoms. The Morgan fingerprint density at radius 3 is 3.28 bits per heavy atom. The molecule has 3 rings (SSSR count). The van der Waals surface area contributed by atoms with E-state index in [4.69, 9.17) is 4.74 Å². The number of ether oxygens (including phenoxy) is 1. The minimum absolute atomic E-state index is 0.0379. The summed E-state index contributed by atoms with van der Waals surface area (Å²) in [6.45, 7) is 1.65. The zero-order chi connectivity index (χ0) is 12.4. The quantitative estimate of drug-likeness (QED) is 0.881. The zero-order valence-corrected chi connectivity index (χ0v) is 10.4. The van der Waals surface area contributed by atoms with Crippen molar-refractivity contribution in [3.8, 4) is 0 Å². The maximum atomic E-state index is 12.2. The van der Waals surface area contributed by atoms with Gasteiger partial charge in [0.25, 0.3) is 5.91 Å². The van der Waals surface area contributed by atoms with E-state index >= 15 is 0 Å². The molecule has 1 aliphatic heterocycles. The van der Waals surface area contributed by atoms with E-state index in [-0.39, 0.29) is 12.0 Å². The summed E-state index contributed by atoms with van der Waals surface area (Å²) in [5, 5.41) is 8.54. The number of hydrogen-bond acceptors (Lipinski definition) is 5. The first-order valence-electron chi connectivity index (χ1n) is 5.63. The molecule has 0 aliphatic carbocycles. The van der Waals surface area contributed by atoms with Crippen molar-refractivity contribution >= 4 is 17.2 Å². The van der Waals surface area contributed by atoms with E-state index in [2.05, 4.69) is 15.2 Å². The molecule has 0 aromatic carbocycles. The summed E-state index contributed by atoms with van der Waals surface area (Å²) in [7, 11) is 0. The number of aromatic nitrogens is 3. The number of thiazole rings is 1. The van der Waals surface area contributed by atoms with Crippen LogP contribution in [0.1, 0.15) is 22.3 Å². The fourth-order valence-electron chi connectivity index (χ4n) is 1.95. The van der Waals surface area contributed by atoms with E-state index in [1.54, 1.807) is 22.0 Å². The summed E-state index contributed by atoms with van der Waals surface area (Å²) in [6, 6.07) is 1.86. The van der Waals surface area contributed by atoms with Crippen molar-refractivity contribution in [1.29, 1.82) is 0 Å². The lowest BCUT2D eigenvalue weighted by molar-refractivity contribution is -0.0249. The van der Waals surface area contributed by atoms with Gasteiger partial charge in [-0.2, -0.15) is 5.10 Å². The zero-order valence-electron chi connectivity index (χ0n) is 9.57. The highest BCUT2D eigenvalue weighted by Crippen LogP contribution is 2.21. The minimum atomic E-state index is -0.135. The molecule has 18 heavy (non-hydrogen) atoms. The summed E-state index contributed by atoms with van der Waals surface area (Å²) in [5.74, 6) is -0.0379. The number of aromatic amines is 1. The Kier molecular flexibility index (Phi) is 3.07. The topological polar surface area (TPSA) is 71.1 Å². The molecule has 1 aliphatic rings. The number of hydrogen-bond donors (Lipinski definition) is 1. The molecule has 0 radical (unpaired) electrons. The van der Waals surface area contributed by atoms with Gasteiger partial charge in [0, 0.05) is 18.1 Å². The van der Waals surface area contributed by atoms with Crippen LogP contribution in [0.5, 0.6) is 0 Å². The van der Waals surface area contributed by atoms with Crippen molar-refractivity contribution in [3.63, 3.8) is 0 Å². The molecular weight excluding hydrogens is 252 g/mol. The van der Waals surface area contributed by atoms with Crippen LogP contribution in [0.15, 0.2) is 23.2 Å². The summed E-state index contributed by atoms with van der Waals surface area (Å²) in [4.78, 5) is 18.0. The fourth-order valence-corrected chi connectivity index (χ4v) is 2.47. The van der Waals surface area contributed by atoms with E-state index in [1.165, 1.54) is 11.3 Å². The van der Waals surface area contributed by atoms with Gasteiger partial charge >= 0.3 is 0 Å². The molecule has 1 saturated heterocycles. The van der Waals surface area contributed by atoms with Gasteiger partial charge in [-0.3, -0.25) is 9.89 Å². The lowest BCUT2D eigenvalue weighted by Crippen LogP contribution is -2.42. The monoisotopic (exact) mass is 264 g/mol. The molecule has 1 N–H and O–H groups in total. The Morgan fingerprint density at radius 1 is 1.61 bits per heavy atom. The largest absolute Gasteiger partial charge is 0.368 e. The molecule has 2 aromatic rings. The lowest BCUT2D eigenvalue weighted by atomic mass is 10.2. The third-order valence-corrected chi connectivity index (χ3v) is 3.46. The number of carbonyl (C=O) groups is 1. The number of carbonyl (C=O) groups excluding carboxylic acids is 1. The number of nitrogens with one attached hydrogen (secondary N) is 1. The molecule has 0 spiro atoms. The van der Waals surface area contributed by atoms with Crippen LogP contribution in [-0.2, 0) is 4.74 Å². The van der Waals surface area contributed by atoms with E-state index < -0.39 is 0 Å². The summed E-state index contributed by atoms with van der Waals surface area (Å²) in [6.07, 6.45) is 1.55. The van der Waals surface area contributed by atoms with Crippen molar-refractivity contribution in [2.75, 3.05) is 19.7 Å². The van der Waals surface area contributed by atoms with Crippen molar-refractivity contribution in [2.45, 2.75) is 6.10 Å². The number of nitrogens with zero attached hydrogens (tertiary/aromatic N) is 3. The van der Waals surface area contributed by atoms with Gasteiger partial charge in [-0.15, -0.1) is 11.3 Å². The van der Waals surface area contributed by atoms with Crippen LogP contribution in [-0.4, -0.2) is 45.7 Å². The average Bonchev–Trinajstić information content (AvgIpc) is 3.11. The molecule has 1 fully saturated rings. The third kappa shape index (κ3) is 2.14. The molecule has 6 nitrogen and oxygen atoms in total. The summed E-state index contributed by atoms with van der Waals surface area (Å²) < 4.78 is 5.64. The second-order valence-electron chi connectivity index (χ2n) is 4.00. The maximum absolute atomic E-state index is 12.2. The highest BCUT2D eigenvalue weighted by Gasteiger charge is 2.27. The molecule has 2 aromatic heterocycles. The van der Waals surface area contributed by atoms with Gasteiger partial charge in [0.2, 0.25) is 0 Å². The first kappa shape index (κ1) is 11.4. The summed E-state index contributed by atoms with van der Waals surface area (Å²) in [5.41, 5.74) is 3.07. The molecule has 1 unspecified atom stereocenters. The van der Waals surface area contributed by atoms with E-state index in [0.717, 1.165) is 5.69 Å². The van der Waals surface area contributed by atoms with E-state index in [1.807, 2.05) is 6.07 Å². The molecular formula is C11H12N4O2S. The van der Waals surface area contributed by atoms with Crippen LogP contribution in [0.2, 0.25) is 0 Å². The Hall–Kier alpha value is -1.73. The van der Waals surface area contributed by atoms with Gasteiger partial charge in [0.15, 0.2) is 0 Å². The van der Waals surface area contributed by atoms with Crippen LogP contribution >= 0.6 is 11.3 Å². The van der Waals surface area contributed by atoms with Crippen LogP contribution in [0, 0.1) is 0 Å². The first-order chi connectivity index (χ1) is 8.84. The first-order valence-corrected chi connectivity index (χ1v) is 6.57. The fraction of sp³-hybridized carbons (Fsp3) is 0.364. The summed E-state index contributed by atoms with van der Waals surface area (Å²) >= 11 is 1.42. The van der Waals surface area contributed by atoms with Gasteiger partial charge in [0.05, 0.1) is 24.4 Å². The van der Waals surface area contributed by atoms with Crippen LogP contribution in [0.25, 0.3) is 0 Å².